The molecule has 0 rings (SSSR count). The van der Waals surface area contributed by atoms with Gasteiger partial charge in [-0.3, -0.25) is 4.52 Å². The molecule has 0 aromatic rings. The Balaban J connectivity index is 4.35. The van der Waals surface area contributed by atoms with E-state index >= 15 is 0 Å². The predicted octanol–water partition coefficient (Wildman–Crippen LogP) is 33.9. The maximum atomic E-state index is 10.9. The zero-order valence-corrected chi connectivity index (χ0v) is 73.4. The second-order valence-corrected chi connectivity index (χ2v) is 33.9. The van der Waals surface area contributed by atoms with Crippen molar-refractivity contribution in [2.24, 2.45) is 5.92 Å². The van der Waals surface area contributed by atoms with Gasteiger partial charge in [-0.25, -0.2) is 4.57 Å². The molecule has 0 saturated carbocycles. The third kappa shape index (κ3) is 69.4. The molecule has 0 saturated heterocycles. The third-order valence-corrected chi connectivity index (χ3v) is 21.2. The van der Waals surface area contributed by atoms with Gasteiger partial charge in [-0.2, -0.15) is 0 Å². The van der Waals surface area contributed by atoms with E-state index < -0.39 is 7.82 Å². The summed E-state index contributed by atoms with van der Waals surface area (Å²) in [5, 5.41) is 0. The largest absolute Gasteiger partial charge is 0.469 e. The van der Waals surface area contributed by atoms with E-state index in [2.05, 4.69) is 265 Å². The molecule has 1 atom stereocenters. The van der Waals surface area contributed by atoms with E-state index in [-0.39, 0.29) is 6.61 Å². The fraction of sp³-hybridized carbons (Fsp3) is 0.620. The van der Waals surface area contributed by atoms with Gasteiger partial charge in [0.2, 0.25) is 0 Å². The maximum Gasteiger partial charge on any atom is 0.469 e. The molecule has 0 fully saturated rings. The van der Waals surface area contributed by atoms with Gasteiger partial charge in [0.25, 0.3) is 0 Å². The van der Waals surface area contributed by atoms with Crippen LogP contribution in [-0.2, 0) is 9.09 Å². The van der Waals surface area contributed by atoms with Gasteiger partial charge in [0.05, 0.1) is 6.61 Å². The van der Waals surface area contributed by atoms with Gasteiger partial charge >= 0.3 is 7.82 Å². The highest BCUT2D eigenvalue weighted by Crippen LogP contribution is 2.36. The van der Waals surface area contributed by atoms with Crippen LogP contribution >= 0.6 is 7.82 Å². The van der Waals surface area contributed by atoms with Gasteiger partial charge < -0.3 is 9.79 Å². The van der Waals surface area contributed by atoms with E-state index in [0.717, 1.165) is 193 Å². The molecule has 0 aliphatic rings. The predicted molar refractivity (Wildman–Crippen MR) is 474 cm³/mol. The molecule has 0 aromatic carbocycles. The lowest BCUT2D eigenvalue weighted by atomic mass is 10.0. The summed E-state index contributed by atoms with van der Waals surface area (Å²) in [5.41, 5.74) is 28.6. The maximum absolute atomic E-state index is 10.9. The Kier molecular flexibility index (Phi) is 62.1. The van der Waals surface area contributed by atoms with Crippen molar-refractivity contribution in [3.05, 3.63) is 221 Å². The first-order valence-corrected chi connectivity index (χ1v) is 43.6. The summed E-state index contributed by atoms with van der Waals surface area (Å²) in [6.45, 7) is 48.0. The average Bonchev–Trinajstić information content (AvgIpc) is 1.85. The van der Waals surface area contributed by atoms with Crippen molar-refractivity contribution < 1.29 is 18.9 Å². The smallest absolute Gasteiger partial charge is 0.303 e. The highest BCUT2D eigenvalue weighted by Gasteiger charge is 2.14. The molecular weight excluding hydrogens is 1300 g/mol. The molecule has 0 radical (unpaired) electrons. The van der Waals surface area contributed by atoms with E-state index in [4.69, 9.17) is 9.79 Å². The van der Waals surface area contributed by atoms with Gasteiger partial charge in [0.15, 0.2) is 0 Å². The molecule has 0 aliphatic heterocycles. The van der Waals surface area contributed by atoms with Crippen molar-refractivity contribution in [2.75, 3.05) is 6.61 Å². The highest BCUT2D eigenvalue weighted by atomic mass is 31.2. The zero-order chi connectivity index (χ0) is 78.5. The van der Waals surface area contributed by atoms with Crippen LogP contribution in [0.3, 0.4) is 0 Å². The van der Waals surface area contributed by atoms with Crippen LogP contribution in [0.4, 0.5) is 0 Å². The Morgan fingerprint density at radius 3 is 0.467 bits per heavy atom. The summed E-state index contributed by atoms with van der Waals surface area (Å²) in [5.74, 6) is 0.371. The minimum absolute atomic E-state index is 0.104. The monoisotopic (exact) mass is 1460 g/mol. The fourth-order valence-corrected chi connectivity index (χ4v) is 13.2. The van der Waals surface area contributed by atoms with Gasteiger partial charge in [-0.15, -0.1) is 0 Å². The topological polar surface area (TPSA) is 66.8 Å². The standard InChI is InChI=1S/C100H165O4P/c1-81(2)41-22-42-82(3)43-23-44-83(4)45-24-46-84(5)47-25-48-85(6)49-26-50-86(7)51-27-52-87(8)53-28-54-88(9)55-29-56-89(10)57-30-58-90(11)59-31-60-91(12)61-32-62-92(13)63-33-64-93(14)65-34-66-94(15)67-35-68-95(16)69-36-70-96(17)71-37-72-97(18)73-38-74-98(19)75-39-76-99(20)77-40-78-100(21)79-80-104-105(101,102)103/h41,43,45,47,49,51,53,55,57,59,61,63,65,67,69,71,73,75,77,100H,22-40,42,44,46,48,50,52,54,56,58,60,62,64,66,68,70,72,74,76,78-80H2,1-21H3,(H2,101,102,103)/b82-43+,83-45+,84-47-,85-49-,86-51-,87-53-,88-55-,89-57-,90-59-,91-61-,92-63-,93-65-,94-67-,95-69-,96-71-,97-73-,98-75-,99-77-. The van der Waals surface area contributed by atoms with E-state index in [1.165, 1.54) is 157 Å². The average molecular weight is 1460 g/mol. The van der Waals surface area contributed by atoms with Crippen LogP contribution < -0.4 is 0 Å². The molecule has 0 amide bonds. The molecule has 594 valence electrons. The molecule has 0 heterocycles. The number of hydrogen-bond donors (Lipinski definition) is 2. The lowest BCUT2D eigenvalue weighted by molar-refractivity contribution is 0.185. The van der Waals surface area contributed by atoms with E-state index in [1.807, 2.05) is 0 Å². The third-order valence-electron chi connectivity index (χ3n) is 20.6. The van der Waals surface area contributed by atoms with Crippen LogP contribution in [0.15, 0.2) is 221 Å². The molecule has 1 unspecified atom stereocenters. The van der Waals surface area contributed by atoms with Gasteiger partial charge in [-0.1, -0.05) is 228 Å². The Bertz CT molecular complexity index is 3070. The van der Waals surface area contributed by atoms with Crippen LogP contribution in [0.5, 0.6) is 0 Å². The Hall–Kier alpha value is -4.83. The van der Waals surface area contributed by atoms with E-state index in [9.17, 15) is 4.57 Å². The Morgan fingerprint density at radius 1 is 0.219 bits per heavy atom. The summed E-state index contributed by atoms with van der Waals surface area (Å²) >= 11 is 0. The molecule has 0 aliphatic carbocycles. The minimum atomic E-state index is -4.36. The van der Waals surface area contributed by atoms with Crippen molar-refractivity contribution in [1.29, 1.82) is 0 Å². The molecule has 0 aromatic heterocycles. The molecular formula is C100H165O4P. The lowest BCUT2D eigenvalue weighted by Crippen LogP contribution is -2.00. The highest BCUT2D eigenvalue weighted by molar-refractivity contribution is 7.46. The number of rotatable bonds is 61. The number of allylic oxidation sites excluding steroid dienone is 38. The van der Waals surface area contributed by atoms with Crippen LogP contribution in [0.25, 0.3) is 0 Å². The van der Waals surface area contributed by atoms with Gasteiger partial charge in [-0.05, 0) is 395 Å². The zero-order valence-electron chi connectivity index (χ0n) is 72.5. The van der Waals surface area contributed by atoms with Crippen molar-refractivity contribution in [1.82, 2.24) is 0 Å². The summed E-state index contributed by atoms with van der Waals surface area (Å²) in [4.78, 5) is 17.7. The van der Waals surface area contributed by atoms with Crippen molar-refractivity contribution in [3.8, 4) is 0 Å². The molecule has 0 bridgehead atoms. The van der Waals surface area contributed by atoms with E-state index in [1.54, 1.807) is 0 Å². The van der Waals surface area contributed by atoms with Gasteiger partial charge in [0.1, 0.15) is 0 Å². The first kappa shape index (κ1) is 100. The number of hydrogen-bond acceptors (Lipinski definition) is 2. The van der Waals surface area contributed by atoms with Crippen LogP contribution in [0.1, 0.15) is 396 Å². The molecule has 4 nitrogen and oxygen atoms in total. The first-order valence-electron chi connectivity index (χ1n) is 42.1. The molecule has 5 heteroatoms. The van der Waals surface area contributed by atoms with Crippen molar-refractivity contribution in [2.45, 2.75) is 396 Å². The second kappa shape index (κ2) is 65.1. The summed E-state index contributed by atoms with van der Waals surface area (Å²) < 4.78 is 15.4. The van der Waals surface area contributed by atoms with Gasteiger partial charge in [0, 0.05) is 0 Å². The molecule has 105 heavy (non-hydrogen) atoms. The summed E-state index contributed by atoms with van der Waals surface area (Å²) in [6, 6.07) is 0. The minimum Gasteiger partial charge on any atom is -0.303 e. The number of phosphoric ester groups is 1. The second-order valence-electron chi connectivity index (χ2n) is 32.7. The Morgan fingerprint density at radius 2 is 0.343 bits per heavy atom. The summed E-state index contributed by atoms with van der Waals surface area (Å²) in [7, 11) is -4.36. The normalized spacial score (nSPS) is 15.5. The first-order chi connectivity index (χ1) is 49.9. The Labute approximate surface area is 652 Å². The van der Waals surface area contributed by atoms with Crippen LogP contribution in [0.2, 0.25) is 0 Å². The fourth-order valence-electron chi connectivity index (χ4n) is 12.8. The molecule has 2 N–H and O–H groups in total. The summed E-state index contributed by atoms with van der Waals surface area (Å²) in [6.07, 6.45) is 90.5. The quantitative estimate of drug-likeness (QED) is 0.0470. The van der Waals surface area contributed by atoms with Crippen LogP contribution in [0, 0.1) is 5.92 Å². The van der Waals surface area contributed by atoms with Crippen molar-refractivity contribution in [3.63, 3.8) is 0 Å². The lowest BCUT2D eigenvalue weighted by Gasteiger charge is -2.11. The number of phosphoric acid groups is 1. The van der Waals surface area contributed by atoms with E-state index in [0.29, 0.717) is 12.3 Å². The van der Waals surface area contributed by atoms with Crippen LogP contribution in [-0.4, -0.2) is 16.4 Å². The van der Waals surface area contributed by atoms with Crippen molar-refractivity contribution >= 4 is 7.82 Å². The SMILES string of the molecule is CC(C)=CCC/C(C)=C/CC/C(C)=C/CC/C(C)=C\CC/C(C)=C\CC/C(C)=C\CC/C(C)=C\CC/C(C)=C\CC/C(C)=C\CC/C(C)=C\CC/C(C)=C\CC/C(C)=C\CC/C(C)=C\CC/C(C)=C\CC/C(C)=C\CC/C(C)=C\CC/C(C)=C\CC/C(C)=C\CC/C(C)=C\CCC(C)CCOP(=O)(O)O. The molecule has 0 spiro atoms.